The standard InChI is InChI=1S/C25H42O3/c1-18(2)9-6-7-10-19(3)12-13-23(27)25-22-16-20(11-5-4-8-14-26)15-21(22)17-24(25)28/h9,13,15,19,21-22,24-28H,4-8,10-12,14,16-17H2,1-3H3/t19?,21-,22-,24-,25+/m1/s1. The highest BCUT2D eigenvalue weighted by Gasteiger charge is 2.46. The van der Waals surface area contributed by atoms with Crippen LogP contribution in [-0.4, -0.2) is 28.0 Å². The van der Waals surface area contributed by atoms with Gasteiger partial charge >= 0.3 is 0 Å². The monoisotopic (exact) mass is 390 g/mol. The van der Waals surface area contributed by atoms with Crippen molar-refractivity contribution in [2.24, 2.45) is 23.7 Å². The molecule has 0 aromatic rings. The van der Waals surface area contributed by atoms with Gasteiger partial charge in [-0.3, -0.25) is 0 Å². The molecule has 1 saturated carbocycles. The lowest BCUT2D eigenvalue weighted by Crippen LogP contribution is -2.22. The summed E-state index contributed by atoms with van der Waals surface area (Å²) in [5, 5.41) is 30.2. The van der Waals surface area contributed by atoms with Gasteiger partial charge in [0.25, 0.3) is 0 Å². The van der Waals surface area contributed by atoms with Crippen LogP contribution in [0.1, 0.15) is 85.0 Å². The molecule has 1 fully saturated rings. The van der Waals surface area contributed by atoms with E-state index in [0.29, 0.717) is 23.5 Å². The van der Waals surface area contributed by atoms with Crippen molar-refractivity contribution in [2.75, 3.05) is 6.61 Å². The van der Waals surface area contributed by atoms with Gasteiger partial charge in [-0.1, -0.05) is 43.1 Å². The first-order chi connectivity index (χ1) is 13.4. The minimum Gasteiger partial charge on any atom is -0.512 e. The Balaban J connectivity index is 1.80. The van der Waals surface area contributed by atoms with Crippen molar-refractivity contribution in [3.63, 3.8) is 0 Å². The van der Waals surface area contributed by atoms with Crippen LogP contribution >= 0.6 is 0 Å². The van der Waals surface area contributed by atoms with Gasteiger partial charge in [-0.05, 0) is 89.0 Å². The smallest absolute Gasteiger partial charge is 0.0942 e. The highest BCUT2D eigenvalue weighted by Crippen LogP contribution is 2.49. The van der Waals surface area contributed by atoms with E-state index in [2.05, 4.69) is 32.9 Å². The first-order valence-electron chi connectivity index (χ1n) is 11.4. The molecule has 28 heavy (non-hydrogen) atoms. The number of hydrogen-bond donors (Lipinski definition) is 3. The summed E-state index contributed by atoms with van der Waals surface area (Å²) < 4.78 is 0. The van der Waals surface area contributed by atoms with Crippen LogP contribution in [0.5, 0.6) is 0 Å². The fourth-order valence-electron chi connectivity index (χ4n) is 4.97. The number of fused-ring (bicyclic) bond motifs is 1. The molecule has 0 heterocycles. The number of rotatable bonds is 12. The second kappa shape index (κ2) is 11.8. The van der Waals surface area contributed by atoms with Crippen LogP contribution in [0.2, 0.25) is 0 Å². The van der Waals surface area contributed by atoms with E-state index >= 15 is 0 Å². The third kappa shape index (κ3) is 7.08. The van der Waals surface area contributed by atoms with Gasteiger partial charge in [0.05, 0.1) is 11.9 Å². The highest BCUT2D eigenvalue weighted by atomic mass is 16.3. The zero-order valence-electron chi connectivity index (χ0n) is 18.2. The molecule has 2 aliphatic carbocycles. The molecular formula is C25H42O3. The molecule has 2 rings (SSSR count). The summed E-state index contributed by atoms with van der Waals surface area (Å²) >= 11 is 0. The minimum atomic E-state index is -0.411. The van der Waals surface area contributed by atoms with Crippen molar-refractivity contribution >= 4 is 0 Å². The quantitative estimate of drug-likeness (QED) is 0.215. The van der Waals surface area contributed by atoms with Crippen molar-refractivity contribution in [1.82, 2.24) is 0 Å². The van der Waals surface area contributed by atoms with E-state index in [4.69, 9.17) is 5.11 Å². The van der Waals surface area contributed by atoms with Crippen molar-refractivity contribution in [3.05, 3.63) is 35.1 Å². The highest BCUT2D eigenvalue weighted by molar-refractivity contribution is 5.22. The molecule has 3 nitrogen and oxygen atoms in total. The molecule has 0 aromatic carbocycles. The predicted molar refractivity (Wildman–Crippen MR) is 117 cm³/mol. The molecule has 3 N–H and O–H groups in total. The molecule has 0 saturated heterocycles. The van der Waals surface area contributed by atoms with Gasteiger partial charge < -0.3 is 15.3 Å². The lowest BCUT2D eigenvalue weighted by atomic mass is 9.86. The maximum absolute atomic E-state index is 10.7. The van der Waals surface area contributed by atoms with E-state index in [1.54, 1.807) is 0 Å². The average Bonchev–Trinajstić information content (AvgIpc) is 3.16. The van der Waals surface area contributed by atoms with Crippen LogP contribution in [0.3, 0.4) is 0 Å². The first kappa shape index (κ1) is 23.2. The van der Waals surface area contributed by atoms with Crippen molar-refractivity contribution in [3.8, 4) is 0 Å². The van der Waals surface area contributed by atoms with E-state index in [-0.39, 0.29) is 12.5 Å². The van der Waals surface area contributed by atoms with Crippen LogP contribution in [0, 0.1) is 23.7 Å². The number of hydrogen-bond acceptors (Lipinski definition) is 3. The number of aliphatic hydroxyl groups is 3. The van der Waals surface area contributed by atoms with Gasteiger partial charge in [0.2, 0.25) is 0 Å². The molecule has 0 aliphatic heterocycles. The topological polar surface area (TPSA) is 60.7 Å². The maximum atomic E-state index is 10.7. The molecule has 0 aromatic heterocycles. The van der Waals surface area contributed by atoms with Crippen molar-refractivity contribution in [1.29, 1.82) is 0 Å². The summed E-state index contributed by atoms with van der Waals surface area (Å²) in [4.78, 5) is 0. The van der Waals surface area contributed by atoms with Gasteiger partial charge in [-0.25, -0.2) is 0 Å². The summed E-state index contributed by atoms with van der Waals surface area (Å²) in [5.74, 6) is 1.68. The lowest BCUT2D eigenvalue weighted by Gasteiger charge is -2.22. The molecule has 2 aliphatic rings. The molecule has 3 heteroatoms. The summed E-state index contributed by atoms with van der Waals surface area (Å²) in [6.45, 7) is 6.82. The van der Waals surface area contributed by atoms with Crippen LogP contribution < -0.4 is 0 Å². The SMILES string of the molecule is CC(C)=CCCCC(C)CC=C(O)[C@@H]1[C@@H]2CC(CCCCCO)=C[C@@H]2C[C@H]1O. The number of aliphatic hydroxyl groups excluding tert-OH is 3. The van der Waals surface area contributed by atoms with Crippen LogP contribution in [-0.2, 0) is 0 Å². The summed E-state index contributed by atoms with van der Waals surface area (Å²) in [5.41, 5.74) is 2.87. The summed E-state index contributed by atoms with van der Waals surface area (Å²) in [7, 11) is 0. The summed E-state index contributed by atoms with van der Waals surface area (Å²) in [6, 6.07) is 0. The molecule has 0 spiro atoms. The Hall–Kier alpha value is -1.06. The Morgan fingerprint density at radius 2 is 1.96 bits per heavy atom. The molecular weight excluding hydrogens is 348 g/mol. The predicted octanol–water partition coefficient (Wildman–Crippen LogP) is 6.09. The first-order valence-corrected chi connectivity index (χ1v) is 11.4. The molecule has 0 radical (unpaired) electrons. The van der Waals surface area contributed by atoms with E-state index in [1.807, 2.05) is 6.08 Å². The maximum Gasteiger partial charge on any atom is 0.0942 e. The minimum absolute atomic E-state index is 0.0888. The van der Waals surface area contributed by atoms with Gasteiger partial charge in [-0.15, -0.1) is 0 Å². The van der Waals surface area contributed by atoms with Gasteiger partial charge in [0, 0.05) is 12.5 Å². The van der Waals surface area contributed by atoms with Crippen LogP contribution in [0.4, 0.5) is 0 Å². The lowest BCUT2D eigenvalue weighted by molar-refractivity contribution is 0.109. The molecule has 5 atom stereocenters. The zero-order chi connectivity index (χ0) is 20.5. The van der Waals surface area contributed by atoms with Gasteiger partial charge in [-0.2, -0.15) is 0 Å². The molecule has 160 valence electrons. The van der Waals surface area contributed by atoms with Crippen LogP contribution in [0.25, 0.3) is 0 Å². The van der Waals surface area contributed by atoms with Crippen molar-refractivity contribution < 1.29 is 15.3 Å². The van der Waals surface area contributed by atoms with E-state index < -0.39 is 6.10 Å². The van der Waals surface area contributed by atoms with E-state index in [1.165, 1.54) is 24.0 Å². The Morgan fingerprint density at radius 1 is 1.18 bits per heavy atom. The van der Waals surface area contributed by atoms with E-state index in [0.717, 1.165) is 51.4 Å². The van der Waals surface area contributed by atoms with E-state index in [9.17, 15) is 10.2 Å². The normalized spacial score (nSPS) is 28.2. The molecule has 0 amide bonds. The fourth-order valence-corrected chi connectivity index (χ4v) is 4.97. The second-order valence-corrected chi connectivity index (χ2v) is 9.40. The van der Waals surface area contributed by atoms with Crippen LogP contribution in [0.15, 0.2) is 35.1 Å². The fraction of sp³-hybridized carbons (Fsp3) is 0.760. The summed E-state index contributed by atoms with van der Waals surface area (Å²) in [6.07, 6.45) is 16.6. The number of allylic oxidation sites excluding steroid dienone is 5. The van der Waals surface area contributed by atoms with Crippen molar-refractivity contribution in [2.45, 2.75) is 91.1 Å². The third-order valence-corrected chi connectivity index (χ3v) is 6.57. The largest absolute Gasteiger partial charge is 0.512 e. The Labute approximate surface area is 172 Å². The second-order valence-electron chi connectivity index (χ2n) is 9.40. The third-order valence-electron chi connectivity index (χ3n) is 6.57. The molecule has 1 unspecified atom stereocenters. The average molecular weight is 391 g/mol. The Morgan fingerprint density at radius 3 is 2.68 bits per heavy atom. The van der Waals surface area contributed by atoms with Gasteiger partial charge in [0.15, 0.2) is 0 Å². The Bertz CT molecular complexity index is 556. The molecule has 0 bridgehead atoms. The van der Waals surface area contributed by atoms with Gasteiger partial charge in [0.1, 0.15) is 0 Å². The number of unbranched alkanes of at least 4 members (excludes halogenated alkanes) is 3. The Kier molecular flexibility index (Phi) is 9.81. The zero-order valence-corrected chi connectivity index (χ0v) is 18.2.